The third-order valence-corrected chi connectivity index (χ3v) is 15.4. The number of nitrogens with zero attached hydrogens (tertiary/aromatic N) is 7. The van der Waals surface area contributed by atoms with Crippen molar-refractivity contribution in [2.45, 2.75) is 77.0 Å². The molecule has 0 bridgehead atoms. The first-order valence-corrected chi connectivity index (χ1v) is 23.8. The normalized spacial score (nSPS) is 20.8. The zero-order valence-corrected chi connectivity index (χ0v) is 37.8. The number of thiazole rings is 1. The molecule has 6 aliphatic rings. The molecule has 2 atom stereocenters. The fraction of sp³-hybridized carbons (Fsp3) is 0.408. The highest BCUT2D eigenvalue weighted by Crippen LogP contribution is 2.45. The number of fused-ring (bicyclic) bond motifs is 2. The molecule has 3 N–H and O–H groups in total. The Morgan fingerprint density at radius 1 is 0.910 bits per heavy atom. The summed E-state index contributed by atoms with van der Waals surface area (Å²) in [5, 5.41) is 10.4. The Morgan fingerprint density at radius 3 is 2.43 bits per heavy atom. The average molecular weight is 929 g/mol. The summed E-state index contributed by atoms with van der Waals surface area (Å²) in [7, 11) is 0. The van der Waals surface area contributed by atoms with E-state index in [1.165, 1.54) is 28.4 Å². The van der Waals surface area contributed by atoms with Crippen LogP contribution in [-0.2, 0) is 38.7 Å². The van der Waals surface area contributed by atoms with E-state index in [9.17, 15) is 24.0 Å². The highest BCUT2D eigenvalue weighted by molar-refractivity contribution is 7.13. The Kier molecular flexibility index (Phi) is 10.6. The number of carbonyl (C=O) groups excluding carboxylic acids is 5. The molecule has 2 aromatic heterocycles. The number of aromatic nitrogens is 3. The second-order valence-corrected chi connectivity index (χ2v) is 20.4. The van der Waals surface area contributed by atoms with Crippen molar-refractivity contribution in [2.24, 2.45) is 10.8 Å². The zero-order valence-electron chi connectivity index (χ0n) is 37.0. The van der Waals surface area contributed by atoms with E-state index in [1.807, 2.05) is 38.6 Å². The summed E-state index contributed by atoms with van der Waals surface area (Å²) < 4.78 is 33.3. The Hall–Kier alpha value is -6.69. The number of likely N-dealkylation sites (tertiary alicyclic amines) is 1. The van der Waals surface area contributed by atoms with Gasteiger partial charge in [0, 0.05) is 104 Å². The van der Waals surface area contributed by atoms with Crippen LogP contribution >= 0.6 is 11.3 Å². The summed E-state index contributed by atoms with van der Waals surface area (Å²) in [6.07, 6.45) is 7.50. The van der Waals surface area contributed by atoms with E-state index in [4.69, 9.17) is 0 Å². The first-order chi connectivity index (χ1) is 32.3. The van der Waals surface area contributed by atoms with Gasteiger partial charge >= 0.3 is 0 Å². The van der Waals surface area contributed by atoms with Crippen LogP contribution in [0.2, 0.25) is 0 Å². The minimum atomic E-state index is -1.06. The SMILES string of the molecule is CC1(CC(=O)N2CC3(C2)CN(c2ccc(-c4cc(F)c5c(c4)C(=O)N(C(C(=O)Nc4nccs4)c4ncn6c4CCC6)C5)cc2)C3)CCN(c2ccc(N[C@H]3CCC(=O)NC3=O)cc2F)CC1. The van der Waals surface area contributed by atoms with Crippen LogP contribution in [0.4, 0.5) is 31.0 Å². The molecule has 3 aromatic carbocycles. The molecule has 11 rings (SSSR count). The number of benzene rings is 3. The van der Waals surface area contributed by atoms with Crippen molar-refractivity contribution in [2.75, 3.05) is 59.7 Å². The van der Waals surface area contributed by atoms with Gasteiger partial charge in [0.2, 0.25) is 17.7 Å². The lowest BCUT2D eigenvalue weighted by Crippen LogP contribution is -2.73. The first kappa shape index (κ1) is 42.9. The lowest BCUT2D eigenvalue weighted by molar-refractivity contribution is -0.148. The molecule has 6 aliphatic heterocycles. The summed E-state index contributed by atoms with van der Waals surface area (Å²) in [5.74, 6) is -2.31. The number of imide groups is 1. The van der Waals surface area contributed by atoms with Crippen molar-refractivity contribution < 1.29 is 32.8 Å². The van der Waals surface area contributed by atoms with Gasteiger partial charge in [0.1, 0.15) is 17.7 Å². The van der Waals surface area contributed by atoms with E-state index >= 15 is 8.78 Å². The van der Waals surface area contributed by atoms with E-state index in [-0.39, 0.29) is 52.6 Å². The molecular weight excluding hydrogens is 879 g/mol. The van der Waals surface area contributed by atoms with Crippen molar-refractivity contribution in [3.8, 4) is 11.1 Å². The number of halogens is 2. The minimum Gasteiger partial charge on any atom is -0.374 e. The number of hydrogen-bond acceptors (Lipinski definition) is 11. The predicted molar refractivity (Wildman–Crippen MR) is 247 cm³/mol. The lowest BCUT2D eigenvalue weighted by atomic mass is 9.71. The van der Waals surface area contributed by atoms with E-state index in [2.05, 4.69) is 37.7 Å². The molecule has 0 aliphatic carbocycles. The van der Waals surface area contributed by atoms with Crippen molar-refractivity contribution in [1.82, 2.24) is 29.7 Å². The fourth-order valence-electron chi connectivity index (χ4n) is 10.9. The average Bonchev–Trinajstić information content (AvgIpc) is 4.10. The Bertz CT molecular complexity index is 2810. The monoisotopic (exact) mass is 928 g/mol. The molecule has 18 heteroatoms. The molecule has 8 heterocycles. The van der Waals surface area contributed by atoms with Crippen LogP contribution in [0, 0.1) is 22.5 Å². The van der Waals surface area contributed by atoms with E-state index < -0.39 is 35.6 Å². The Labute approximate surface area is 389 Å². The topological polar surface area (TPSA) is 165 Å². The molecule has 67 heavy (non-hydrogen) atoms. The van der Waals surface area contributed by atoms with Crippen LogP contribution in [0.25, 0.3) is 11.1 Å². The molecule has 1 spiro atoms. The maximum atomic E-state index is 16.0. The molecule has 0 saturated carbocycles. The second-order valence-electron chi connectivity index (χ2n) is 19.5. The van der Waals surface area contributed by atoms with Gasteiger partial charge in [-0.2, -0.15) is 0 Å². The van der Waals surface area contributed by atoms with Crippen molar-refractivity contribution in [1.29, 1.82) is 0 Å². The van der Waals surface area contributed by atoms with Gasteiger partial charge in [0.05, 0.1) is 24.3 Å². The molecule has 15 nitrogen and oxygen atoms in total. The van der Waals surface area contributed by atoms with Gasteiger partial charge in [-0.25, -0.2) is 18.7 Å². The van der Waals surface area contributed by atoms with Gasteiger partial charge in [-0.1, -0.05) is 19.1 Å². The number of anilines is 4. The van der Waals surface area contributed by atoms with E-state index in [0.29, 0.717) is 66.8 Å². The number of imidazole rings is 1. The van der Waals surface area contributed by atoms with Crippen molar-refractivity contribution >= 4 is 63.1 Å². The highest BCUT2D eigenvalue weighted by Gasteiger charge is 2.54. The number of aryl methyl sites for hydroxylation is 1. The summed E-state index contributed by atoms with van der Waals surface area (Å²) in [4.78, 5) is 81.7. The quantitative estimate of drug-likeness (QED) is 0.131. The number of carbonyl (C=O) groups is 5. The van der Waals surface area contributed by atoms with Crippen LogP contribution in [0.5, 0.6) is 0 Å². The first-order valence-electron chi connectivity index (χ1n) is 23.0. The molecule has 5 aromatic rings. The number of rotatable bonds is 11. The Morgan fingerprint density at radius 2 is 1.70 bits per heavy atom. The third-order valence-electron chi connectivity index (χ3n) is 14.7. The minimum absolute atomic E-state index is 0.0520. The molecular formula is C49H50F2N10O5S. The summed E-state index contributed by atoms with van der Waals surface area (Å²) in [6.45, 7) is 7.20. The Balaban J connectivity index is 0.675. The lowest BCUT2D eigenvalue weighted by Gasteiger charge is -2.61. The number of hydrogen-bond donors (Lipinski definition) is 3. The standard InChI is InChI=1S/C49H50F2N10O5S/c1-48(12-16-57(17-13-48)38-10-6-31(21-36(38)51)54-37-9-11-40(62)55-44(37)64)22-41(63)60-26-49(27-60)24-59(25-49)32-7-4-29(5-8-32)30-19-33-34(35(50)20-30)23-61(46(33)66)43(45(65)56-47-52-14-18-67-47)42-39-3-2-15-58(39)28-53-42/h4-8,10,14,18-21,28,37,43,54H,2-3,9,11-13,15-17,22-27H2,1H3,(H,52,56,65)(H,55,62,64)/t37-,43?/m0/s1. The van der Waals surface area contributed by atoms with Crippen LogP contribution in [0.3, 0.4) is 0 Å². The van der Waals surface area contributed by atoms with Crippen LogP contribution < -0.4 is 25.8 Å². The zero-order chi connectivity index (χ0) is 46.2. The van der Waals surface area contributed by atoms with Crippen molar-refractivity contribution in [3.63, 3.8) is 0 Å². The van der Waals surface area contributed by atoms with Gasteiger partial charge in [0.25, 0.3) is 11.8 Å². The van der Waals surface area contributed by atoms with E-state index in [1.54, 1.807) is 36.1 Å². The maximum Gasteiger partial charge on any atom is 0.255 e. The number of nitrogens with one attached hydrogen (secondary N) is 3. The van der Waals surface area contributed by atoms with Crippen LogP contribution in [0.1, 0.15) is 78.8 Å². The summed E-state index contributed by atoms with van der Waals surface area (Å²) in [6, 6.07) is 14.3. The summed E-state index contributed by atoms with van der Waals surface area (Å²) >= 11 is 1.27. The number of amides is 5. The second kappa shape index (κ2) is 16.6. The van der Waals surface area contributed by atoms with E-state index in [0.717, 1.165) is 62.3 Å². The van der Waals surface area contributed by atoms with Crippen LogP contribution in [-0.4, -0.2) is 99.2 Å². The highest BCUT2D eigenvalue weighted by atomic mass is 32.1. The number of piperidine rings is 2. The smallest absolute Gasteiger partial charge is 0.255 e. The van der Waals surface area contributed by atoms with Gasteiger partial charge in [-0.05, 0) is 91.1 Å². The molecule has 1 unspecified atom stereocenters. The fourth-order valence-corrected chi connectivity index (χ4v) is 11.5. The molecule has 346 valence electrons. The van der Waals surface area contributed by atoms with Gasteiger partial charge in [-0.3, -0.25) is 34.6 Å². The predicted octanol–water partition coefficient (Wildman–Crippen LogP) is 6.13. The third kappa shape index (κ3) is 7.97. The van der Waals surface area contributed by atoms with Crippen LogP contribution in [0.15, 0.2) is 72.5 Å². The van der Waals surface area contributed by atoms with Gasteiger partial charge in [-0.15, -0.1) is 11.3 Å². The molecule has 4 fully saturated rings. The maximum absolute atomic E-state index is 16.0. The summed E-state index contributed by atoms with van der Waals surface area (Å²) in [5.41, 5.74) is 5.09. The largest absolute Gasteiger partial charge is 0.374 e. The van der Waals surface area contributed by atoms with Gasteiger partial charge in [0.15, 0.2) is 11.2 Å². The van der Waals surface area contributed by atoms with Gasteiger partial charge < -0.3 is 29.5 Å². The molecule has 5 amide bonds. The van der Waals surface area contributed by atoms with Crippen molar-refractivity contribution in [3.05, 3.63) is 107 Å². The molecule has 0 radical (unpaired) electrons. The molecule has 4 saturated heterocycles.